The van der Waals surface area contributed by atoms with E-state index in [1.807, 2.05) is 19.1 Å². The van der Waals surface area contributed by atoms with Gasteiger partial charge in [-0.25, -0.2) is 21.9 Å². The molecule has 3 heterocycles. The van der Waals surface area contributed by atoms with Crippen LogP contribution in [0.15, 0.2) is 53.4 Å². The van der Waals surface area contributed by atoms with Crippen molar-refractivity contribution in [2.45, 2.75) is 74.7 Å². The van der Waals surface area contributed by atoms with Gasteiger partial charge in [-0.1, -0.05) is 43.7 Å². The van der Waals surface area contributed by atoms with Crippen molar-refractivity contribution in [2.75, 3.05) is 50.8 Å². The lowest BCUT2D eigenvalue weighted by Gasteiger charge is -2.46. The van der Waals surface area contributed by atoms with E-state index in [1.54, 1.807) is 24.0 Å². The standard InChI is InChI=1S/C37H46ClF2N3O5S/c1-24-5-3-7-33(47-16-15-42-21-37(39,40)22-42)30-11-8-27(30)19-43-20-36(14-4-6-26-17-28(38)9-12-31(26)36)23-48-34-13-10-29(18-32(34)43)49(45,46)41-35(44)25(24)2/h3,7,9-10,12-13,17-18,24-25,27,30,33H,4-6,8,11,14-16,19-23H2,1-2H3,(H,41,44)/b7-3+/t24-,25+,27-,30+,33-,36-/m0/s1. The van der Waals surface area contributed by atoms with E-state index in [0.717, 1.165) is 32.1 Å². The number of sulfonamides is 1. The number of carbonyl (C=O) groups is 1. The first-order chi connectivity index (χ1) is 23.3. The number of aryl methyl sites for hydroxylation is 1. The Bertz CT molecular complexity index is 1720. The van der Waals surface area contributed by atoms with Gasteiger partial charge in [-0.15, -0.1) is 0 Å². The molecule has 3 aliphatic heterocycles. The van der Waals surface area contributed by atoms with E-state index < -0.39 is 27.8 Å². The van der Waals surface area contributed by atoms with E-state index in [1.165, 1.54) is 17.2 Å². The highest BCUT2D eigenvalue weighted by atomic mass is 35.5. The molecule has 1 amide bonds. The Balaban J connectivity index is 1.23. The van der Waals surface area contributed by atoms with E-state index in [-0.39, 0.29) is 47.3 Å². The van der Waals surface area contributed by atoms with Crippen LogP contribution >= 0.6 is 11.6 Å². The van der Waals surface area contributed by atoms with E-state index >= 15 is 0 Å². The van der Waals surface area contributed by atoms with Crippen molar-refractivity contribution < 1.29 is 31.5 Å². The van der Waals surface area contributed by atoms with Crippen LogP contribution in [0.5, 0.6) is 5.75 Å². The number of benzene rings is 2. The van der Waals surface area contributed by atoms with Gasteiger partial charge in [0.2, 0.25) is 5.91 Å². The molecule has 2 aromatic carbocycles. The SMILES string of the molecule is C[C@H]1C/C=C/[C@H](OCCN2CC(F)(F)C2)[C@@H]2CC[C@H]2CN2C[C@@]3(CCCc4cc(Cl)ccc43)COc3ccc(cc32)S(=O)(=O)NC(=O)[C@@H]1C. The monoisotopic (exact) mass is 717 g/mol. The molecule has 0 radical (unpaired) electrons. The van der Waals surface area contributed by atoms with Crippen molar-refractivity contribution >= 4 is 33.2 Å². The maximum Gasteiger partial charge on any atom is 0.272 e. The van der Waals surface area contributed by atoms with Crippen LogP contribution < -0.4 is 14.4 Å². The van der Waals surface area contributed by atoms with Gasteiger partial charge in [-0.05, 0) is 97.7 Å². The van der Waals surface area contributed by atoms with Crippen molar-refractivity contribution in [3.8, 4) is 5.75 Å². The van der Waals surface area contributed by atoms with E-state index in [9.17, 15) is 22.0 Å². The highest BCUT2D eigenvalue weighted by molar-refractivity contribution is 7.90. The number of alkyl halides is 2. The molecule has 49 heavy (non-hydrogen) atoms. The maximum absolute atomic E-state index is 13.6. The Labute approximate surface area is 293 Å². The van der Waals surface area contributed by atoms with Crippen LogP contribution in [-0.2, 0) is 31.4 Å². The molecule has 1 saturated carbocycles. The first-order valence-corrected chi connectivity index (χ1v) is 19.4. The highest BCUT2D eigenvalue weighted by Gasteiger charge is 2.46. The number of halogens is 3. The normalized spacial score (nSPS) is 33.1. The summed E-state index contributed by atoms with van der Waals surface area (Å²) in [6, 6.07) is 11.0. The summed E-state index contributed by atoms with van der Waals surface area (Å²) in [5, 5.41) is 0.707. The summed E-state index contributed by atoms with van der Waals surface area (Å²) >= 11 is 6.43. The molecule has 266 valence electrons. The summed E-state index contributed by atoms with van der Waals surface area (Å²) in [5.41, 5.74) is 2.80. The molecule has 1 saturated heterocycles. The van der Waals surface area contributed by atoms with Gasteiger partial charge >= 0.3 is 0 Å². The fourth-order valence-electron chi connectivity index (χ4n) is 8.38. The number of rotatable bonds is 4. The average molecular weight is 718 g/mol. The third kappa shape index (κ3) is 7.10. The lowest BCUT2D eigenvalue weighted by atomic mass is 9.68. The van der Waals surface area contributed by atoms with Crippen molar-refractivity contribution in [3.63, 3.8) is 0 Å². The third-order valence-electron chi connectivity index (χ3n) is 11.6. The Morgan fingerprint density at radius 2 is 1.92 bits per heavy atom. The molecule has 1 spiro atoms. The van der Waals surface area contributed by atoms with Crippen molar-refractivity contribution in [1.29, 1.82) is 0 Å². The van der Waals surface area contributed by atoms with Crippen LogP contribution in [0.3, 0.4) is 0 Å². The summed E-state index contributed by atoms with van der Waals surface area (Å²) in [7, 11) is -4.14. The molecule has 6 atom stereocenters. The second kappa shape index (κ2) is 13.4. The molecule has 0 aromatic heterocycles. The van der Waals surface area contributed by atoms with Gasteiger partial charge in [0.1, 0.15) is 5.75 Å². The number of nitrogens with one attached hydrogen (secondary N) is 1. The van der Waals surface area contributed by atoms with Crippen LogP contribution in [0.1, 0.15) is 57.1 Å². The van der Waals surface area contributed by atoms with Crippen LogP contribution in [0.25, 0.3) is 0 Å². The lowest BCUT2D eigenvalue weighted by Crippen LogP contribution is -2.57. The smallest absolute Gasteiger partial charge is 0.272 e. The van der Waals surface area contributed by atoms with Gasteiger partial charge in [0.05, 0.1) is 43.0 Å². The van der Waals surface area contributed by atoms with Crippen LogP contribution in [0.2, 0.25) is 5.02 Å². The Morgan fingerprint density at radius 3 is 2.67 bits per heavy atom. The quantitative estimate of drug-likeness (QED) is 0.377. The molecule has 2 aliphatic carbocycles. The van der Waals surface area contributed by atoms with Crippen molar-refractivity contribution in [3.05, 3.63) is 64.7 Å². The Hall–Kier alpha value is -2.73. The Morgan fingerprint density at radius 1 is 1.10 bits per heavy atom. The molecule has 5 aliphatic rings. The van der Waals surface area contributed by atoms with E-state index in [0.29, 0.717) is 55.7 Å². The molecule has 1 N–H and O–H groups in total. The largest absolute Gasteiger partial charge is 0.490 e. The van der Waals surface area contributed by atoms with Gasteiger partial charge in [-0.2, -0.15) is 0 Å². The zero-order valence-corrected chi connectivity index (χ0v) is 29.7. The molecule has 12 heteroatoms. The zero-order valence-electron chi connectivity index (χ0n) is 28.2. The number of amides is 1. The molecule has 8 nitrogen and oxygen atoms in total. The van der Waals surface area contributed by atoms with Gasteiger partial charge in [0.25, 0.3) is 15.9 Å². The first kappa shape index (κ1) is 34.7. The van der Waals surface area contributed by atoms with Crippen LogP contribution in [-0.4, -0.2) is 77.2 Å². The predicted octanol–water partition coefficient (Wildman–Crippen LogP) is 6.21. The van der Waals surface area contributed by atoms with Gasteiger partial charge < -0.3 is 14.4 Å². The number of anilines is 1. The molecule has 7 rings (SSSR count). The van der Waals surface area contributed by atoms with Crippen molar-refractivity contribution in [1.82, 2.24) is 9.62 Å². The Kier molecular flexibility index (Phi) is 9.51. The predicted molar refractivity (Wildman–Crippen MR) is 185 cm³/mol. The fourth-order valence-corrected chi connectivity index (χ4v) is 9.66. The number of ether oxygens (including phenoxy) is 2. The second-order valence-corrected chi connectivity index (χ2v) is 17.2. The fraction of sp³-hybridized carbons (Fsp3) is 0.595. The summed E-state index contributed by atoms with van der Waals surface area (Å²) in [5.74, 6) is -2.78. The lowest BCUT2D eigenvalue weighted by molar-refractivity contribution is -0.138. The number of hydrogen-bond donors (Lipinski definition) is 1. The number of hydrogen-bond acceptors (Lipinski definition) is 7. The van der Waals surface area contributed by atoms with Crippen LogP contribution in [0.4, 0.5) is 14.5 Å². The van der Waals surface area contributed by atoms with Gasteiger partial charge in [0.15, 0.2) is 0 Å². The first-order valence-electron chi connectivity index (χ1n) is 17.6. The number of likely N-dealkylation sites (tertiary alicyclic amines) is 1. The minimum Gasteiger partial charge on any atom is -0.490 e. The molecule has 2 aromatic rings. The van der Waals surface area contributed by atoms with E-state index in [4.69, 9.17) is 21.1 Å². The average Bonchev–Trinajstić information content (AvgIpc) is 3.17. The topological polar surface area (TPSA) is 88.2 Å². The molecule has 2 fully saturated rings. The van der Waals surface area contributed by atoms with Gasteiger partial charge in [0, 0.05) is 36.0 Å². The zero-order chi connectivity index (χ0) is 34.6. The maximum atomic E-state index is 13.6. The number of carbonyl (C=O) groups excluding carboxylic acids is 1. The summed E-state index contributed by atoms with van der Waals surface area (Å²) in [6.45, 7) is 5.76. The number of nitrogens with zero attached hydrogens (tertiary/aromatic N) is 2. The summed E-state index contributed by atoms with van der Waals surface area (Å²) in [4.78, 5) is 17.3. The molecular formula is C37H46ClF2N3O5S. The van der Waals surface area contributed by atoms with Gasteiger partial charge in [-0.3, -0.25) is 9.69 Å². The third-order valence-corrected chi connectivity index (χ3v) is 13.2. The highest BCUT2D eigenvalue weighted by Crippen LogP contribution is 2.47. The molecule has 0 unspecified atom stereocenters. The second-order valence-electron chi connectivity index (χ2n) is 15.0. The molecule has 2 bridgehead atoms. The summed E-state index contributed by atoms with van der Waals surface area (Å²) < 4.78 is 69.5. The number of fused-ring (bicyclic) bond motifs is 4. The minimum atomic E-state index is -4.14. The van der Waals surface area contributed by atoms with E-state index in [2.05, 4.69) is 27.8 Å². The van der Waals surface area contributed by atoms with Crippen molar-refractivity contribution in [2.24, 2.45) is 23.7 Å². The summed E-state index contributed by atoms with van der Waals surface area (Å²) in [6.07, 6.45) is 9.27. The van der Waals surface area contributed by atoms with Crippen LogP contribution in [0, 0.1) is 23.7 Å². The molecular weight excluding hydrogens is 672 g/mol. The minimum absolute atomic E-state index is 0.0229. The number of allylic oxidation sites excluding steroid dienone is 1.